The zero-order valence-electron chi connectivity index (χ0n) is 9.01. The maximum Gasteiger partial charge on any atom is 0.347 e. The molecule has 1 aromatic carbocycles. The Kier molecular flexibility index (Phi) is 3.70. The van der Waals surface area contributed by atoms with Gasteiger partial charge < -0.3 is 5.32 Å². The van der Waals surface area contributed by atoms with Crippen molar-refractivity contribution in [1.82, 2.24) is 10.6 Å². The first kappa shape index (κ1) is 12.7. The molecule has 1 atom stereocenters. The fraction of sp³-hybridized carbons (Fsp3) is 0.0909. The third kappa shape index (κ3) is 2.73. The number of aliphatic imine (C=N–C) groups is 1. The highest BCUT2D eigenvalue weighted by molar-refractivity contribution is 14.1. The van der Waals surface area contributed by atoms with Crippen molar-refractivity contribution >= 4 is 46.7 Å². The molecule has 1 heterocycles. The number of halogens is 1. The molecule has 0 aliphatic carbocycles. The average Bonchev–Trinajstić information content (AvgIpc) is 2.33. The number of urea groups is 1. The number of nitrogens with zero attached hydrogens (tertiary/aromatic N) is 1. The first-order valence-electron chi connectivity index (χ1n) is 5.02. The minimum absolute atomic E-state index is 0.388. The number of carbonyl (C=O) groups excluding carboxylic acids is 3. The van der Waals surface area contributed by atoms with E-state index in [4.69, 9.17) is 0 Å². The number of hydrogen-bond donors (Lipinski definition) is 2. The summed E-state index contributed by atoms with van der Waals surface area (Å²) < 4.78 is 0.775. The SMILES string of the molecule is O=C1N=CC(NC(=O)c2ccccc2I)C(=O)N1. The van der Waals surface area contributed by atoms with E-state index >= 15 is 0 Å². The van der Waals surface area contributed by atoms with Crippen LogP contribution < -0.4 is 10.6 Å². The summed E-state index contributed by atoms with van der Waals surface area (Å²) in [4.78, 5) is 37.5. The van der Waals surface area contributed by atoms with E-state index in [1.807, 2.05) is 34.0 Å². The zero-order chi connectivity index (χ0) is 13.1. The number of hydrogen-bond acceptors (Lipinski definition) is 3. The van der Waals surface area contributed by atoms with Gasteiger partial charge in [-0.05, 0) is 34.7 Å². The third-order valence-corrected chi connectivity index (χ3v) is 3.20. The number of imide groups is 1. The summed E-state index contributed by atoms with van der Waals surface area (Å²) in [5, 5.41) is 4.50. The Morgan fingerprint density at radius 3 is 2.72 bits per heavy atom. The van der Waals surface area contributed by atoms with E-state index in [1.165, 1.54) is 0 Å². The highest BCUT2D eigenvalue weighted by Crippen LogP contribution is 2.11. The maximum atomic E-state index is 11.9. The number of benzene rings is 1. The van der Waals surface area contributed by atoms with Gasteiger partial charge in [0.25, 0.3) is 11.8 Å². The Balaban J connectivity index is 2.13. The molecule has 92 valence electrons. The summed E-state index contributed by atoms with van der Waals surface area (Å²) in [5.41, 5.74) is 0.469. The minimum Gasteiger partial charge on any atom is -0.336 e. The number of carbonyl (C=O) groups is 3. The standard InChI is InChI=1S/C11H8IN3O3/c12-7-4-2-1-3-6(7)9(16)14-8-5-13-11(18)15-10(8)17/h1-5,8H,(H,14,16)(H,15,17,18). The van der Waals surface area contributed by atoms with E-state index in [0.717, 1.165) is 9.78 Å². The van der Waals surface area contributed by atoms with Crippen LogP contribution in [0, 0.1) is 3.57 Å². The van der Waals surface area contributed by atoms with Crippen LogP contribution in [-0.4, -0.2) is 30.1 Å². The zero-order valence-corrected chi connectivity index (χ0v) is 11.2. The summed E-state index contributed by atoms with van der Waals surface area (Å²) in [6.07, 6.45) is 1.12. The molecule has 4 amide bonds. The Labute approximate surface area is 116 Å². The Bertz CT molecular complexity index is 556. The van der Waals surface area contributed by atoms with E-state index in [0.29, 0.717) is 5.56 Å². The molecule has 18 heavy (non-hydrogen) atoms. The Hall–Kier alpha value is -1.77. The predicted molar refractivity (Wildman–Crippen MR) is 72.4 cm³/mol. The van der Waals surface area contributed by atoms with Gasteiger partial charge in [0.05, 0.1) is 5.56 Å². The Morgan fingerprint density at radius 2 is 2.06 bits per heavy atom. The van der Waals surface area contributed by atoms with Gasteiger partial charge in [-0.25, -0.2) is 9.79 Å². The summed E-state index contributed by atoms with van der Waals surface area (Å²) >= 11 is 2.03. The van der Waals surface area contributed by atoms with Crippen LogP contribution in [0.3, 0.4) is 0 Å². The van der Waals surface area contributed by atoms with Crippen molar-refractivity contribution in [3.8, 4) is 0 Å². The van der Waals surface area contributed by atoms with Crippen LogP contribution in [0.5, 0.6) is 0 Å². The maximum absolute atomic E-state index is 11.9. The van der Waals surface area contributed by atoms with Gasteiger partial charge in [0.1, 0.15) is 6.04 Å². The van der Waals surface area contributed by atoms with Gasteiger partial charge in [-0.3, -0.25) is 14.9 Å². The van der Waals surface area contributed by atoms with Gasteiger partial charge in [0.2, 0.25) is 0 Å². The van der Waals surface area contributed by atoms with Crippen molar-refractivity contribution in [2.75, 3.05) is 0 Å². The summed E-state index contributed by atoms with van der Waals surface area (Å²) in [6.45, 7) is 0. The molecule has 6 nitrogen and oxygen atoms in total. The lowest BCUT2D eigenvalue weighted by molar-refractivity contribution is -0.120. The van der Waals surface area contributed by atoms with E-state index in [1.54, 1.807) is 18.2 Å². The van der Waals surface area contributed by atoms with Gasteiger partial charge in [0, 0.05) is 9.78 Å². The molecule has 7 heteroatoms. The lowest BCUT2D eigenvalue weighted by Gasteiger charge is -2.16. The van der Waals surface area contributed by atoms with Crippen LogP contribution >= 0.6 is 22.6 Å². The smallest absolute Gasteiger partial charge is 0.336 e. The van der Waals surface area contributed by atoms with Crippen molar-refractivity contribution in [3.63, 3.8) is 0 Å². The van der Waals surface area contributed by atoms with E-state index in [-0.39, 0.29) is 5.91 Å². The topological polar surface area (TPSA) is 87.6 Å². The molecule has 2 rings (SSSR count). The molecule has 0 saturated carbocycles. The van der Waals surface area contributed by atoms with E-state index in [2.05, 4.69) is 10.3 Å². The molecule has 0 spiro atoms. The number of rotatable bonds is 2. The third-order valence-electron chi connectivity index (χ3n) is 2.26. The van der Waals surface area contributed by atoms with Gasteiger partial charge in [-0.15, -0.1) is 0 Å². The van der Waals surface area contributed by atoms with Crippen LogP contribution in [0.4, 0.5) is 4.79 Å². The monoisotopic (exact) mass is 357 g/mol. The Morgan fingerprint density at radius 1 is 1.33 bits per heavy atom. The fourth-order valence-electron chi connectivity index (χ4n) is 1.39. The molecule has 0 saturated heterocycles. The van der Waals surface area contributed by atoms with Crippen molar-refractivity contribution in [2.45, 2.75) is 6.04 Å². The lowest BCUT2D eigenvalue weighted by Crippen LogP contribution is -2.51. The lowest BCUT2D eigenvalue weighted by atomic mass is 10.2. The van der Waals surface area contributed by atoms with Gasteiger partial charge in [-0.1, -0.05) is 12.1 Å². The molecule has 0 bridgehead atoms. The van der Waals surface area contributed by atoms with Crippen molar-refractivity contribution < 1.29 is 14.4 Å². The molecule has 1 aliphatic heterocycles. The van der Waals surface area contributed by atoms with Gasteiger partial charge in [-0.2, -0.15) is 0 Å². The van der Waals surface area contributed by atoms with Gasteiger partial charge >= 0.3 is 6.03 Å². The minimum atomic E-state index is -0.925. The molecule has 2 N–H and O–H groups in total. The molecular formula is C11H8IN3O3. The normalized spacial score (nSPS) is 18.4. The predicted octanol–water partition coefficient (Wildman–Crippen LogP) is 0.710. The van der Waals surface area contributed by atoms with Crippen LogP contribution in [0.25, 0.3) is 0 Å². The van der Waals surface area contributed by atoms with Crippen LogP contribution in [0.15, 0.2) is 29.3 Å². The summed E-state index contributed by atoms with van der Waals surface area (Å²) in [5.74, 6) is -0.977. The second-order valence-electron chi connectivity index (χ2n) is 3.50. The number of nitrogens with one attached hydrogen (secondary N) is 2. The molecular weight excluding hydrogens is 349 g/mol. The fourth-order valence-corrected chi connectivity index (χ4v) is 2.02. The van der Waals surface area contributed by atoms with Crippen molar-refractivity contribution in [1.29, 1.82) is 0 Å². The molecule has 1 aromatic rings. The molecule has 0 radical (unpaired) electrons. The average molecular weight is 357 g/mol. The quantitative estimate of drug-likeness (QED) is 0.765. The first-order chi connectivity index (χ1) is 8.58. The molecule has 1 unspecified atom stereocenters. The van der Waals surface area contributed by atoms with Crippen LogP contribution in [0.1, 0.15) is 10.4 Å². The molecule has 0 aromatic heterocycles. The second kappa shape index (κ2) is 5.25. The van der Waals surface area contributed by atoms with Crippen LogP contribution in [0.2, 0.25) is 0 Å². The molecule has 1 aliphatic rings. The number of amides is 4. The van der Waals surface area contributed by atoms with E-state index in [9.17, 15) is 14.4 Å². The largest absolute Gasteiger partial charge is 0.347 e. The van der Waals surface area contributed by atoms with Gasteiger partial charge in [0.15, 0.2) is 0 Å². The van der Waals surface area contributed by atoms with E-state index < -0.39 is 18.0 Å². The van der Waals surface area contributed by atoms with Crippen molar-refractivity contribution in [2.24, 2.45) is 4.99 Å². The van der Waals surface area contributed by atoms with Crippen LogP contribution in [-0.2, 0) is 4.79 Å². The molecule has 0 fully saturated rings. The highest BCUT2D eigenvalue weighted by atomic mass is 127. The summed E-state index contributed by atoms with van der Waals surface area (Å²) in [6, 6.07) is 5.33. The second-order valence-corrected chi connectivity index (χ2v) is 4.67. The first-order valence-corrected chi connectivity index (χ1v) is 6.10. The highest BCUT2D eigenvalue weighted by Gasteiger charge is 2.25. The summed E-state index contributed by atoms with van der Waals surface area (Å²) in [7, 11) is 0. The van der Waals surface area contributed by atoms with Crippen molar-refractivity contribution in [3.05, 3.63) is 33.4 Å².